The molecule has 0 saturated heterocycles. The van der Waals surface area contributed by atoms with Crippen molar-refractivity contribution in [2.75, 3.05) is 5.73 Å². The number of carbonyl (C=O) groups excluding carboxylic acids is 1. The monoisotopic (exact) mass is 207 g/mol. The van der Waals surface area contributed by atoms with Gasteiger partial charge in [-0.3, -0.25) is 4.79 Å². The number of hydrogen-bond acceptors (Lipinski definition) is 4. The van der Waals surface area contributed by atoms with E-state index in [4.69, 9.17) is 11.5 Å². The topological polar surface area (TPSA) is 82.0 Å². The van der Waals surface area contributed by atoms with Gasteiger partial charge in [-0.15, -0.1) is 0 Å². The number of nitrogen functional groups attached to an aromatic ring is 1. The molecule has 0 aliphatic heterocycles. The van der Waals surface area contributed by atoms with Crippen LogP contribution in [0.1, 0.15) is 37.0 Å². The molecular weight excluding hydrogens is 190 g/mol. The van der Waals surface area contributed by atoms with Gasteiger partial charge in [-0.2, -0.15) is 0 Å². The van der Waals surface area contributed by atoms with Crippen molar-refractivity contribution in [1.29, 1.82) is 0 Å². The molecular formula is C11H17N3O. The Morgan fingerprint density at radius 3 is 2.80 bits per heavy atom. The molecule has 1 aromatic heterocycles. The van der Waals surface area contributed by atoms with Crippen LogP contribution in [0.3, 0.4) is 0 Å². The number of nitrogens with zero attached hydrogens (tertiary/aromatic N) is 1. The highest BCUT2D eigenvalue weighted by atomic mass is 16.1. The zero-order valence-electron chi connectivity index (χ0n) is 9.16. The maximum Gasteiger partial charge on any atom is 0.186 e. The number of ketones is 1. The predicted molar refractivity (Wildman–Crippen MR) is 60.5 cm³/mol. The summed E-state index contributed by atoms with van der Waals surface area (Å²) in [4.78, 5) is 15.9. The van der Waals surface area contributed by atoms with Crippen molar-refractivity contribution in [3.05, 3.63) is 23.9 Å². The summed E-state index contributed by atoms with van der Waals surface area (Å²) in [5, 5.41) is 0. The second-order valence-electron chi connectivity index (χ2n) is 3.93. The van der Waals surface area contributed by atoms with E-state index < -0.39 is 5.54 Å². The lowest BCUT2D eigenvalue weighted by atomic mass is 9.88. The van der Waals surface area contributed by atoms with Gasteiger partial charge in [0.05, 0.1) is 11.1 Å². The van der Waals surface area contributed by atoms with Crippen LogP contribution in [0.25, 0.3) is 0 Å². The maximum atomic E-state index is 12.0. The lowest BCUT2D eigenvalue weighted by Crippen LogP contribution is -2.45. The van der Waals surface area contributed by atoms with Gasteiger partial charge in [-0.1, -0.05) is 13.3 Å². The average molecular weight is 207 g/mol. The third-order valence-corrected chi connectivity index (χ3v) is 2.37. The van der Waals surface area contributed by atoms with Gasteiger partial charge in [0, 0.05) is 6.20 Å². The van der Waals surface area contributed by atoms with E-state index in [1.54, 1.807) is 25.3 Å². The summed E-state index contributed by atoms with van der Waals surface area (Å²) in [6, 6.07) is 3.34. The van der Waals surface area contributed by atoms with Crippen LogP contribution in [0.5, 0.6) is 0 Å². The predicted octanol–water partition coefficient (Wildman–Crippen LogP) is 1.36. The first-order valence-electron chi connectivity index (χ1n) is 5.03. The van der Waals surface area contributed by atoms with Crippen molar-refractivity contribution < 1.29 is 4.79 Å². The van der Waals surface area contributed by atoms with E-state index in [0.717, 1.165) is 6.42 Å². The molecule has 4 N–H and O–H groups in total. The average Bonchev–Trinajstić information content (AvgIpc) is 2.17. The molecule has 0 aromatic carbocycles. The molecule has 0 spiro atoms. The second kappa shape index (κ2) is 4.40. The molecule has 0 fully saturated rings. The molecule has 0 saturated carbocycles. The standard InChI is InChI=1S/C11H17N3O/c1-3-6-11(2,13)9(15)8-5-4-7-14-10(8)12/h4-5,7H,3,6,13H2,1-2H3,(H2,12,14). The van der Waals surface area contributed by atoms with Crippen molar-refractivity contribution in [2.45, 2.75) is 32.2 Å². The largest absolute Gasteiger partial charge is 0.383 e. The summed E-state index contributed by atoms with van der Waals surface area (Å²) in [6.07, 6.45) is 3.05. The molecule has 0 radical (unpaired) electrons. The molecule has 4 heteroatoms. The number of rotatable bonds is 4. The summed E-state index contributed by atoms with van der Waals surface area (Å²) in [6.45, 7) is 3.72. The van der Waals surface area contributed by atoms with E-state index in [-0.39, 0.29) is 11.6 Å². The molecule has 0 aliphatic carbocycles. The van der Waals surface area contributed by atoms with Gasteiger partial charge < -0.3 is 11.5 Å². The normalized spacial score (nSPS) is 14.6. The highest BCUT2D eigenvalue weighted by molar-refractivity contribution is 6.05. The summed E-state index contributed by atoms with van der Waals surface area (Å²) in [5.41, 5.74) is 11.1. The third-order valence-electron chi connectivity index (χ3n) is 2.37. The lowest BCUT2D eigenvalue weighted by Gasteiger charge is -2.22. The number of nitrogens with two attached hydrogens (primary N) is 2. The summed E-state index contributed by atoms with van der Waals surface area (Å²) in [5.74, 6) is 0.102. The first-order valence-corrected chi connectivity index (χ1v) is 5.03. The Morgan fingerprint density at radius 1 is 1.60 bits per heavy atom. The first kappa shape index (κ1) is 11.7. The van der Waals surface area contributed by atoms with E-state index in [2.05, 4.69) is 4.98 Å². The Kier molecular flexibility index (Phi) is 3.42. The van der Waals surface area contributed by atoms with Crippen molar-refractivity contribution in [3.63, 3.8) is 0 Å². The lowest BCUT2D eigenvalue weighted by molar-refractivity contribution is 0.0893. The fraction of sp³-hybridized carbons (Fsp3) is 0.455. The van der Waals surface area contributed by atoms with Gasteiger partial charge in [-0.25, -0.2) is 4.98 Å². The summed E-state index contributed by atoms with van der Waals surface area (Å²) >= 11 is 0. The van der Waals surface area contributed by atoms with E-state index in [1.807, 2.05) is 6.92 Å². The van der Waals surface area contributed by atoms with Crippen LogP contribution in [0.4, 0.5) is 5.82 Å². The van der Waals surface area contributed by atoms with Crippen LogP contribution in [-0.2, 0) is 0 Å². The molecule has 1 atom stereocenters. The number of hydrogen-bond donors (Lipinski definition) is 2. The minimum absolute atomic E-state index is 0.144. The van der Waals surface area contributed by atoms with Crippen LogP contribution < -0.4 is 11.5 Å². The molecule has 0 aliphatic rings. The number of Topliss-reactive ketones (excluding diaryl/α,β-unsaturated/α-hetero) is 1. The van der Waals surface area contributed by atoms with Crippen LogP contribution >= 0.6 is 0 Å². The van der Waals surface area contributed by atoms with Crippen LogP contribution in [0.15, 0.2) is 18.3 Å². The Bertz CT molecular complexity index is 361. The molecule has 1 unspecified atom stereocenters. The van der Waals surface area contributed by atoms with Gasteiger partial charge in [0.25, 0.3) is 0 Å². The van der Waals surface area contributed by atoms with E-state index >= 15 is 0 Å². The quantitative estimate of drug-likeness (QED) is 0.730. The number of aromatic nitrogens is 1. The minimum Gasteiger partial charge on any atom is -0.383 e. The summed E-state index contributed by atoms with van der Waals surface area (Å²) < 4.78 is 0. The smallest absolute Gasteiger partial charge is 0.186 e. The van der Waals surface area contributed by atoms with E-state index in [9.17, 15) is 4.79 Å². The molecule has 82 valence electrons. The van der Waals surface area contributed by atoms with Crippen molar-refractivity contribution in [3.8, 4) is 0 Å². The van der Waals surface area contributed by atoms with Crippen molar-refractivity contribution in [1.82, 2.24) is 4.98 Å². The van der Waals surface area contributed by atoms with Crippen molar-refractivity contribution in [2.24, 2.45) is 5.73 Å². The van der Waals surface area contributed by atoms with Crippen LogP contribution in [-0.4, -0.2) is 16.3 Å². The first-order chi connectivity index (χ1) is 6.99. The number of pyridine rings is 1. The van der Waals surface area contributed by atoms with Gasteiger partial charge in [0.2, 0.25) is 0 Å². The van der Waals surface area contributed by atoms with Crippen LogP contribution in [0.2, 0.25) is 0 Å². The highest BCUT2D eigenvalue weighted by Crippen LogP contribution is 2.18. The van der Waals surface area contributed by atoms with E-state index in [0.29, 0.717) is 12.0 Å². The second-order valence-corrected chi connectivity index (χ2v) is 3.93. The number of carbonyl (C=O) groups is 1. The van der Waals surface area contributed by atoms with Gasteiger partial charge in [-0.05, 0) is 25.5 Å². The van der Waals surface area contributed by atoms with Gasteiger partial charge >= 0.3 is 0 Å². The molecule has 4 nitrogen and oxygen atoms in total. The fourth-order valence-electron chi connectivity index (χ4n) is 1.55. The number of anilines is 1. The van der Waals surface area contributed by atoms with E-state index in [1.165, 1.54) is 0 Å². The molecule has 1 aromatic rings. The SMILES string of the molecule is CCCC(C)(N)C(=O)c1cccnc1N. The Labute approximate surface area is 89.7 Å². The molecule has 0 bridgehead atoms. The Hall–Kier alpha value is -1.42. The summed E-state index contributed by atoms with van der Waals surface area (Å²) in [7, 11) is 0. The molecule has 0 amide bonds. The van der Waals surface area contributed by atoms with Crippen molar-refractivity contribution >= 4 is 11.6 Å². The highest BCUT2D eigenvalue weighted by Gasteiger charge is 2.29. The molecule has 1 heterocycles. The van der Waals surface area contributed by atoms with Gasteiger partial charge in [0.15, 0.2) is 5.78 Å². The zero-order chi connectivity index (χ0) is 11.5. The molecule has 1 rings (SSSR count). The zero-order valence-corrected chi connectivity index (χ0v) is 9.16. The maximum absolute atomic E-state index is 12.0. The molecule has 15 heavy (non-hydrogen) atoms. The minimum atomic E-state index is -0.855. The van der Waals surface area contributed by atoms with Crippen LogP contribution in [0, 0.1) is 0 Å². The third kappa shape index (κ3) is 2.53. The fourth-order valence-corrected chi connectivity index (χ4v) is 1.55. The van der Waals surface area contributed by atoms with Gasteiger partial charge in [0.1, 0.15) is 5.82 Å². The Balaban J connectivity index is 2.99. The Morgan fingerprint density at radius 2 is 2.27 bits per heavy atom.